The second-order valence-electron chi connectivity index (χ2n) is 7.02. The van der Waals surface area contributed by atoms with Gasteiger partial charge in [0.25, 0.3) is 0 Å². The molecule has 5 nitrogen and oxygen atoms in total. The summed E-state index contributed by atoms with van der Waals surface area (Å²) in [5.74, 6) is -0.323. The van der Waals surface area contributed by atoms with Gasteiger partial charge in [0.2, 0.25) is 10.0 Å². The number of likely N-dealkylation sites (tertiary alicyclic amines) is 1. The number of alkyl halides is 3. The Morgan fingerprint density at radius 1 is 1.22 bits per heavy atom. The van der Waals surface area contributed by atoms with Gasteiger partial charge in [-0.25, -0.2) is 8.42 Å². The smallest absolute Gasteiger partial charge is 0.406 e. The van der Waals surface area contributed by atoms with Crippen molar-refractivity contribution in [2.24, 2.45) is 0 Å². The van der Waals surface area contributed by atoms with Crippen molar-refractivity contribution in [2.45, 2.75) is 51.6 Å². The van der Waals surface area contributed by atoms with E-state index in [1.807, 2.05) is 0 Å². The SMILES string of the molecule is CC1CCCCN1CCCN(Cc1ccc(OC(F)(F)F)cc1)S(C)(=O)=O. The van der Waals surface area contributed by atoms with Gasteiger partial charge >= 0.3 is 6.36 Å². The normalized spacial score (nSPS) is 19.4. The summed E-state index contributed by atoms with van der Waals surface area (Å²) in [6.07, 6.45) is 0.700. The lowest BCUT2D eigenvalue weighted by Crippen LogP contribution is -2.39. The Morgan fingerprint density at radius 2 is 1.89 bits per heavy atom. The molecular formula is C18H27F3N2O3S. The predicted octanol–water partition coefficient (Wildman–Crippen LogP) is 3.61. The van der Waals surface area contributed by atoms with Crippen LogP contribution in [-0.2, 0) is 16.6 Å². The lowest BCUT2D eigenvalue weighted by atomic mass is 10.0. The van der Waals surface area contributed by atoms with Crippen molar-refractivity contribution in [1.29, 1.82) is 0 Å². The van der Waals surface area contributed by atoms with E-state index >= 15 is 0 Å². The quantitative estimate of drug-likeness (QED) is 0.659. The zero-order valence-electron chi connectivity index (χ0n) is 15.7. The molecular weight excluding hydrogens is 381 g/mol. The van der Waals surface area contributed by atoms with E-state index in [0.29, 0.717) is 24.6 Å². The summed E-state index contributed by atoms with van der Waals surface area (Å²) in [6, 6.07) is 5.81. The second-order valence-corrected chi connectivity index (χ2v) is 9.01. The van der Waals surface area contributed by atoms with Crippen LogP contribution >= 0.6 is 0 Å². The molecule has 1 saturated heterocycles. The summed E-state index contributed by atoms with van der Waals surface area (Å²) in [5, 5.41) is 0. The third kappa shape index (κ3) is 7.67. The molecule has 0 aromatic heterocycles. The summed E-state index contributed by atoms with van der Waals surface area (Å²) in [7, 11) is -3.41. The van der Waals surface area contributed by atoms with Gasteiger partial charge in [0, 0.05) is 19.1 Å². The van der Waals surface area contributed by atoms with Crippen molar-refractivity contribution >= 4 is 10.0 Å². The molecule has 1 aliphatic rings. The van der Waals surface area contributed by atoms with Crippen molar-refractivity contribution in [3.63, 3.8) is 0 Å². The molecule has 9 heteroatoms. The summed E-state index contributed by atoms with van der Waals surface area (Å²) < 4.78 is 66.0. The van der Waals surface area contributed by atoms with Crippen molar-refractivity contribution in [2.75, 3.05) is 25.9 Å². The molecule has 2 rings (SSSR count). The van der Waals surface area contributed by atoms with Gasteiger partial charge in [-0.2, -0.15) is 4.31 Å². The maximum Gasteiger partial charge on any atom is 0.573 e. The van der Waals surface area contributed by atoms with Gasteiger partial charge in [0.15, 0.2) is 0 Å². The first-order valence-electron chi connectivity index (χ1n) is 9.08. The number of benzene rings is 1. The van der Waals surface area contributed by atoms with Crippen molar-refractivity contribution < 1.29 is 26.3 Å². The van der Waals surface area contributed by atoms with Crippen LogP contribution in [0.4, 0.5) is 13.2 Å². The number of rotatable bonds is 8. The summed E-state index contributed by atoms with van der Waals surface area (Å²) in [5.41, 5.74) is 0.612. The fourth-order valence-corrected chi connectivity index (χ4v) is 4.15. The summed E-state index contributed by atoms with van der Waals surface area (Å²) >= 11 is 0. The Labute approximate surface area is 159 Å². The molecule has 0 bridgehead atoms. The number of hydrogen-bond donors (Lipinski definition) is 0. The van der Waals surface area contributed by atoms with E-state index in [9.17, 15) is 21.6 Å². The van der Waals surface area contributed by atoms with E-state index in [1.165, 1.54) is 47.8 Å². The zero-order chi connectivity index (χ0) is 20.1. The van der Waals surface area contributed by atoms with Gasteiger partial charge in [-0.15, -0.1) is 13.2 Å². The molecule has 0 amide bonds. The highest BCUT2D eigenvalue weighted by Gasteiger charge is 2.31. The highest BCUT2D eigenvalue weighted by Crippen LogP contribution is 2.23. The topological polar surface area (TPSA) is 49.9 Å². The van der Waals surface area contributed by atoms with E-state index < -0.39 is 16.4 Å². The lowest BCUT2D eigenvalue weighted by molar-refractivity contribution is -0.274. The van der Waals surface area contributed by atoms with Crippen molar-refractivity contribution in [1.82, 2.24) is 9.21 Å². The third-order valence-electron chi connectivity index (χ3n) is 4.78. The van der Waals surface area contributed by atoms with Crippen molar-refractivity contribution in [3.8, 4) is 5.75 Å². The largest absolute Gasteiger partial charge is 0.573 e. The Kier molecular flexibility index (Phi) is 7.53. The Balaban J connectivity index is 1.92. The van der Waals surface area contributed by atoms with E-state index in [2.05, 4.69) is 16.6 Å². The molecule has 0 radical (unpaired) electrons. The predicted molar refractivity (Wildman–Crippen MR) is 97.9 cm³/mol. The molecule has 0 N–H and O–H groups in total. The number of hydrogen-bond acceptors (Lipinski definition) is 4. The Morgan fingerprint density at radius 3 is 2.44 bits per heavy atom. The first-order valence-corrected chi connectivity index (χ1v) is 10.9. The van der Waals surface area contributed by atoms with Crippen LogP contribution < -0.4 is 4.74 Å². The molecule has 1 heterocycles. The summed E-state index contributed by atoms with van der Waals surface area (Å²) in [4.78, 5) is 2.38. The van der Waals surface area contributed by atoms with Gasteiger partial charge < -0.3 is 9.64 Å². The molecule has 0 aliphatic carbocycles. The Hall–Kier alpha value is -1.32. The molecule has 1 aromatic carbocycles. The summed E-state index contributed by atoms with van der Waals surface area (Å²) in [6.45, 7) is 4.58. The van der Waals surface area contributed by atoms with Crippen LogP contribution in [0.2, 0.25) is 0 Å². The van der Waals surface area contributed by atoms with Crippen LogP contribution in [0.25, 0.3) is 0 Å². The van der Waals surface area contributed by atoms with E-state index in [-0.39, 0.29) is 12.3 Å². The van der Waals surface area contributed by atoms with E-state index in [4.69, 9.17) is 0 Å². The zero-order valence-corrected chi connectivity index (χ0v) is 16.5. The molecule has 1 aliphatic heterocycles. The van der Waals surface area contributed by atoms with Gasteiger partial charge in [-0.05, 0) is 57.0 Å². The minimum absolute atomic E-state index is 0.126. The van der Waals surface area contributed by atoms with Gasteiger partial charge in [-0.3, -0.25) is 0 Å². The first-order chi connectivity index (χ1) is 12.5. The number of nitrogens with zero attached hydrogens (tertiary/aromatic N) is 2. The Bertz CT molecular complexity index is 693. The molecule has 154 valence electrons. The molecule has 0 saturated carbocycles. The highest BCUT2D eigenvalue weighted by atomic mass is 32.2. The molecule has 27 heavy (non-hydrogen) atoms. The minimum atomic E-state index is -4.74. The first kappa shape index (κ1) is 22.0. The van der Waals surface area contributed by atoms with Crippen LogP contribution in [0.1, 0.15) is 38.2 Å². The maximum absolute atomic E-state index is 12.2. The molecule has 1 fully saturated rings. The third-order valence-corrected chi connectivity index (χ3v) is 6.03. The van der Waals surface area contributed by atoms with Gasteiger partial charge in [0.1, 0.15) is 5.75 Å². The molecule has 0 spiro atoms. The van der Waals surface area contributed by atoms with E-state index in [0.717, 1.165) is 19.3 Å². The lowest BCUT2D eigenvalue weighted by Gasteiger charge is -2.33. The van der Waals surface area contributed by atoms with Crippen molar-refractivity contribution in [3.05, 3.63) is 29.8 Å². The number of halogens is 3. The van der Waals surface area contributed by atoms with Crippen LogP contribution in [0.3, 0.4) is 0 Å². The fraction of sp³-hybridized carbons (Fsp3) is 0.667. The maximum atomic E-state index is 12.2. The number of ether oxygens (including phenoxy) is 1. The van der Waals surface area contributed by atoms with Crippen LogP contribution in [0.15, 0.2) is 24.3 Å². The highest BCUT2D eigenvalue weighted by molar-refractivity contribution is 7.88. The minimum Gasteiger partial charge on any atom is -0.406 e. The molecule has 1 atom stereocenters. The monoisotopic (exact) mass is 408 g/mol. The fourth-order valence-electron chi connectivity index (χ4n) is 3.30. The van der Waals surface area contributed by atoms with Crippen LogP contribution in [0.5, 0.6) is 5.75 Å². The van der Waals surface area contributed by atoms with Crippen LogP contribution in [0, 0.1) is 0 Å². The standard InChI is InChI=1S/C18H27F3N2O3S/c1-15-6-3-4-11-22(15)12-5-13-23(27(2,24)25)14-16-7-9-17(10-8-16)26-18(19,20)21/h7-10,15H,3-6,11-14H2,1-2H3. The average Bonchev–Trinajstić information content (AvgIpc) is 2.55. The number of piperidine rings is 1. The van der Waals surface area contributed by atoms with Gasteiger partial charge in [-0.1, -0.05) is 18.6 Å². The molecule has 1 aromatic rings. The van der Waals surface area contributed by atoms with Crippen LogP contribution in [-0.4, -0.2) is 55.9 Å². The average molecular weight is 408 g/mol. The van der Waals surface area contributed by atoms with Gasteiger partial charge in [0.05, 0.1) is 6.26 Å². The number of sulfonamides is 1. The van der Waals surface area contributed by atoms with E-state index in [1.54, 1.807) is 0 Å². The second kappa shape index (κ2) is 9.25. The molecule has 1 unspecified atom stereocenters.